The zero-order valence-electron chi connectivity index (χ0n) is 7.75. The summed E-state index contributed by atoms with van der Waals surface area (Å²) in [4.78, 5) is 24.0. The van der Waals surface area contributed by atoms with Gasteiger partial charge in [-0.1, -0.05) is 13.3 Å². The van der Waals surface area contributed by atoms with Crippen LogP contribution in [0.4, 0.5) is 0 Å². The van der Waals surface area contributed by atoms with Crippen LogP contribution in [0.5, 0.6) is 0 Å². The maximum absolute atomic E-state index is 11.3. The summed E-state index contributed by atoms with van der Waals surface area (Å²) in [5, 5.41) is 0. The van der Waals surface area contributed by atoms with Gasteiger partial charge in [0.15, 0.2) is 0 Å². The third-order valence-electron chi connectivity index (χ3n) is 2.39. The molecule has 2 amide bonds. The highest BCUT2D eigenvalue weighted by atomic mass is 35.5. The van der Waals surface area contributed by atoms with Gasteiger partial charge in [-0.3, -0.25) is 14.5 Å². The molecule has 13 heavy (non-hydrogen) atoms. The Kier molecular flexibility index (Phi) is 3.72. The molecule has 1 aliphatic heterocycles. The molecule has 0 spiro atoms. The second-order valence-corrected chi connectivity index (χ2v) is 3.69. The van der Waals surface area contributed by atoms with Crippen molar-refractivity contribution in [2.24, 2.45) is 5.92 Å². The van der Waals surface area contributed by atoms with E-state index < -0.39 is 0 Å². The van der Waals surface area contributed by atoms with Crippen LogP contribution in [0.2, 0.25) is 0 Å². The average Bonchev–Trinajstić information content (AvgIpc) is 2.47. The molecule has 1 atom stereocenters. The van der Waals surface area contributed by atoms with Crippen molar-refractivity contribution in [2.75, 3.05) is 12.4 Å². The minimum absolute atomic E-state index is 0.0398. The van der Waals surface area contributed by atoms with Crippen LogP contribution in [0.15, 0.2) is 0 Å². The van der Waals surface area contributed by atoms with Crippen LogP contribution in [-0.4, -0.2) is 29.1 Å². The van der Waals surface area contributed by atoms with E-state index in [4.69, 9.17) is 11.6 Å². The predicted molar refractivity (Wildman–Crippen MR) is 50.5 cm³/mol. The molecule has 1 rings (SSSR count). The molecule has 0 N–H and O–H groups in total. The second-order valence-electron chi connectivity index (χ2n) is 3.32. The predicted octanol–water partition coefficient (Wildman–Crippen LogP) is 1.40. The molecule has 0 aromatic carbocycles. The molecular formula is C9H14ClNO2. The number of imide groups is 1. The summed E-state index contributed by atoms with van der Waals surface area (Å²) >= 11 is 5.43. The Bertz CT molecular complexity index is 218. The highest BCUT2D eigenvalue weighted by Crippen LogP contribution is 2.21. The van der Waals surface area contributed by atoms with E-state index in [0.717, 1.165) is 6.42 Å². The van der Waals surface area contributed by atoms with Gasteiger partial charge in [0, 0.05) is 25.3 Å². The molecule has 0 aliphatic carbocycles. The first kappa shape index (κ1) is 10.5. The maximum Gasteiger partial charge on any atom is 0.230 e. The van der Waals surface area contributed by atoms with Crippen molar-refractivity contribution in [2.45, 2.75) is 26.2 Å². The maximum atomic E-state index is 11.3. The van der Waals surface area contributed by atoms with Gasteiger partial charge in [-0.25, -0.2) is 0 Å². The van der Waals surface area contributed by atoms with Crippen molar-refractivity contribution in [1.29, 1.82) is 0 Å². The van der Waals surface area contributed by atoms with E-state index in [1.807, 2.05) is 6.92 Å². The van der Waals surface area contributed by atoms with Crippen molar-refractivity contribution in [1.82, 2.24) is 4.90 Å². The van der Waals surface area contributed by atoms with Crippen LogP contribution < -0.4 is 0 Å². The quantitative estimate of drug-likeness (QED) is 0.651. The number of nitrogens with zero attached hydrogens (tertiary/aromatic N) is 1. The van der Waals surface area contributed by atoms with Gasteiger partial charge >= 0.3 is 0 Å². The summed E-state index contributed by atoms with van der Waals surface area (Å²) in [6.45, 7) is 2.62. The van der Waals surface area contributed by atoms with Gasteiger partial charge in [0.25, 0.3) is 0 Å². The minimum Gasteiger partial charge on any atom is -0.282 e. The number of carbonyl (C=O) groups excluding carboxylic acids is 2. The molecule has 74 valence electrons. The molecule has 0 aromatic rings. The molecular weight excluding hydrogens is 190 g/mol. The second kappa shape index (κ2) is 4.61. The number of carbonyl (C=O) groups is 2. The number of halogens is 1. The van der Waals surface area contributed by atoms with Crippen LogP contribution in [-0.2, 0) is 9.59 Å². The Hall–Kier alpha value is -0.570. The number of hydrogen-bond donors (Lipinski definition) is 0. The fourth-order valence-electron chi connectivity index (χ4n) is 1.51. The van der Waals surface area contributed by atoms with Crippen LogP contribution >= 0.6 is 11.6 Å². The number of alkyl halides is 1. The largest absolute Gasteiger partial charge is 0.282 e. The number of hydrogen-bond acceptors (Lipinski definition) is 2. The summed E-state index contributed by atoms with van der Waals surface area (Å²) < 4.78 is 0. The fraction of sp³-hybridized carbons (Fsp3) is 0.778. The summed E-state index contributed by atoms with van der Waals surface area (Å²) in [7, 11) is 0. The molecule has 0 bridgehead atoms. The van der Waals surface area contributed by atoms with Gasteiger partial charge < -0.3 is 0 Å². The first-order chi connectivity index (χ1) is 6.19. The highest BCUT2D eigenvalue weighted by molar-refractivity contribution is 6.19. The van der Waals surface area contributed by atoms with Crippen molar-refractivity contribution < 1.29 is 9.59 Å². The molecule has 0 radical (unpaired) electrons. The molecule has 0 aromatic heterocycles. The first-order valence-electron chi connectivity index (χ1n) is 4.58. The summed E-state index contributed by atoms with van der Waals surface area (Å²) in [6.07, 6.45) is 1.74. The molecule has 3 nitrogen and oxygen atoms in total. The third kappa shape index (κ3) is 2.44. The first-order valence-corrected chi connectivity index (χ1v) is 5.11. The van der Waals surface area contributed by atoms with E-state index in [9.17, 15) is 9.59 Å². The molecule has 1 heterocycles. The van der Waals surface area contributed by atoms with Gasteiger partial charge in [0.05, 0.1) is 0 Å². The zero-order valence-corrected chi connectivity index (χ0v) is 8.51. The van der Waals surface area contributed by atoms with Crippen molar-refractivity contribution in [3.05, 3.63) is 0 Å². The Morgan fingerprint density at radius 3 is 2.85 bits per heavy atom. The molecule has 1 fully saturated rings. The van der Waals surface area contributed by atoms with Crippen LogP contribution in [0.3, 0.4) is 0 Å². The molecule has 1 aliphatic rings. The minimum atomic E-state index is -0.129. The standard InChI is InChI=1S/C9H14ClNO2/c1-2-7-5-9(13)11(6-7)8(12)3-4-10/h7H,2-6H2,1H3. The van der Waals surface area contributed by atoms with Crippen LogP contribution in [0, 0.1) is 5.92 Å². The monoisotopic (exact) mass is 203 g/mol. The lowest BCUT2D eigenvalue weighted by Crippen LogP contribution is -2.32. The molecule has 1 unspecified atom stereocenters. The summed E-state index contributed by atoms with van der Waals surface area (Å²) in [6, 6.07) is 0. The van der Waals surface area contributed by atoms with E-state index in [1.54, 1.807) is 0 Å². The smallest absolute Gasteiger partial charge is 0.230 e. The molecule has 0 saturated carbocycles. The molecule has 4 heteroatoms. The number of rotatable bonds is 3. The lowest BCUT2D eigenvalue weighted by Gasteiger charge is -2.13. The van der Waals surface area contributed by atoms with Gasteiger partial charge in [0.1, 0.15) is 0 Å². The van der Waals surface area contributed by atoms with Crippen molar-refractivity contribution in [3.8, 4) is 0 Å². The van der Waals surface area contributed by atoms with Gasteiger partial charge in [-0.15, -0.1) is 11.6 Å². The third-order valence-corrected chi connectivity index (χ3v) is 2.58. The number of likely N-dealkylation sites (tertiary alicyclic amines) is 1. The van der Waals surface area contributed by atoms with E-state index in [0.29, 0.717) is 24.8 Å². The lowest BCUT2D eigenvalue weighted by atomic mass is 10.1. The van der Waals surface area contributed by atoms with E-state index in [-0.39, 0.29) is 18.2 Å². The lowest BCUT2D eigenvalue weighted by molar-refractivity contribution is -0.141. The van der Waals surface area contributed by atoms with Gasteiger partial charge in [-0.05, 0) is 5.92 Å². The van der Waals surface area contributed by atoms with E-state index in [1.165, 1.54) is 4.90 Å². The average molecular weight is 204 g/mol. The Morgan fingerprint density at radius 2 is 2.38 bits per heavy atom. The Morgan fingerprint density at radius 1 is 1.69 bits per heavy atom. The Labute approximate surface area is 83.0 Å². The van der Waals surface area contributed by atoms with E-state index >= 15 is 0 Å². The number of amides is 2. The van der Waals surface area contributed by atoms with Crippen LogP contribution in [0.1, 0.15) is 26.2 Å². The SMILES string of the molecule is CCC1CC(=O)N(C(=O)CCCl)C1. The van der Waals surface area contributed by atoms with E-state index in [2.05, 4.69) is 0 Å². The van der Waals surface area contributed by atoms with Crippen molar-refractivity contribution >= 4 is 23.4 Å². The molecule has 1 saturated heterocycles. The summed E-state index contributed by atoms with van der Waals surface area (Å²) in [5.41, 5.74) is 0. The zero-order chi connectivity index (χ0) is 9.84. The normalized spacial score (nSPS) is 22.5. The summed E-state index contributed by atoms with van der Waals surface area (Å²) in [5.74, 6) is 0.476. The fourth-order valence-corrected chi connectivity index (χ4v) is 1.67. The van der Waals surface area contributed by atoms with Gasteiger partial charge in [0.2, 0.25) is 11.8 Å². The van der Waals surface area contributed by atoms with Crippen LogP contribution in [0.25, 0.3) is 0 Å². The topological polar surface area (TPSA) is 37.4 Å². The Balaban J connectivity index is 2.52. The van der Waals surface area contributed by atoms with Gasteiger partial charge in [-0.2, -0.15) is 0 Å². The highest BCUT2D eigenvalue weighted by Gasteiger charge is 2.31. The van der Waals surface area contributed by atoms with Crippen molar-refractivity contribution in [3.63, 3.8) is 0 Å².